The molecule has 2 atom stereocenters. The van der Waals surface area contributed by atoms with E-state index in [1.807, 2.05) is 0 Å². The van der Waals surface area contributed by atoms with E-state index in [4.69, 9.17) is 9.47 Å². The number of ether oxygens (including phenoxy) is 2. The molecule has 1 heterocycles. The van der Waals surface area contributed by atoms with Crippen molar-refractivity contribution in [1.29, 1.82) is 0 Å². The second-order valence-electron chi connectivity index (χ2n) is 6.54. The van der Waals surface area contributed by atoms with Crippen LogP contribution < -0.4 is 5.32 Å². The molecule has 0 aromatic carbocycles. The molecule has 1 aliphatic heterocycles. The van der Waals surface area contributed by atoms with Gasteiger partial charge in [0.2, 0.25) is 0 Å². The molecule has 1 N–H and O–H groups in total. The fourth-order valence-electron chi connectivity index (χ4n) is 2.85. The van der Waals surface area contributed by atoms with Crippen molar-refractivity contribution in [3.8, 4) is 0 Å². The zero-order valence-corrected chi connectivity index (χ0v) is 14.1. The summed E-state index contributed by atoms with van der Waals surface area (Å²) in [6.07, 6.45) is 2.28. The molecule has 4 heteroatoms. The summed E-state index contributed by atoms with van der Waals surface area (Å²) in [5.41, 5.74) is 0.266. The van der Waals surface area contributed by atoms with Gasteiger partial charge in [-0.3, -0.25) is 4.90 Å². The lowest BCUT2D eigenvalue weighted by atomic mass is 9.90. The van der Waals surface area contributed by atoms with Gasteiger partial charge < -0.3 is 14.8 Å². The lowest BCUT2D eigenvalue weighted by Crippen LogP contribution is -2.64. The molecule has 0 amide bonds. The molecule has 20 heavy (non-hydrogen) atoms. The van der Waals surface area contributed by atoms with Gasteiger partial charge >= 0.3 is 0 Å². The van der Waals surface area contributed by atoms with Crippen LogP contribution in [-0.4, -0.2) is 63.0 Å². The van der Waals surface area contributed by atoms with Crippen LogP contribution in [0.4, 0.5) is 0 Å². The third kappa shape index (κ3) is 5.68. The van der Waals surface area contributed by atoms with Crippen molar-refractivity contribution in [2.75, 3.05) is 46.6 Å². The smallest absolute Gasteiger partial charge is 0.0700 e. The molecule has 1 aliphatic rings. The Morgan fingerprint density at radius 2 is 2.05 bits per heavy atom. The Morgan fingerprint density at radius 1 is 1.30 bits per heavy atom. The molecular formula is C16H34N2O2. The molecule has 2 unspecified atom stereocenters. The molecule has 0 saturated carbocycles. The van der Waals surface area contributed by atoms with Crippen molar-refractivity contribution in [3.05, 3.63) is 0 Å². The Kier molecular flexibility index (Phi) is 8.03. The number of nitrogens with zero attached hydrogens (tertiary/aromatic N) is 1. The molecule has 0 bridgehead atoms. The number of nitrogens with one attached hydrogen (secondary N) is 1. The third-order valence-electron chi connectivity index (χ3n) is 4.47. The summed E-state index contributed by atoms with van der Waals surface area (Å²) in [6.45, 7) is 14.9. The monoisotopic (exact) mass is 286 g/mol. The summed E-state index contributed by atoms with van der Waals surface area (Å²) in [6, 6.07) is 0.647. The molecule has 1 rings (SSSR count). The van der Waals surface area contributed by atoms with Crippen LogP contribution in [0.1, 0.15) is 40.5 Å². The summed E-state index contributed by atoms with van der Waals surface area (Å²) < 4.78 is 10.6. The first-order valence-corrected chi connectivity index (χ1v) is 8.08. The summed E-state index contributed by atoms with van der Waals surface area (Å²) in [4.78, 5) is 2.66. The molecule has 0 spiro atoms. The minimum absolute atomic E-state index is 0.266. The van der Waals surface area contributed by atoms with Gasteiger partial charge in [-0.2, -0.15) is 0 Å². The zero-order chi connectivity index (χ0) is 15.0. The highest BCUT2D eigenvalue weighted by atomic mass is 16.5. The first kappa shape index (κ1) is 17.9. The van der Waals surface area contributed by atoms with E-state index in [1.165, 1.54) is 6.42 Å². The summed E-state index contributed by atoms with van der Waals surface area (Å²) in [7, 11) is 1.71. The molecule has 1 saturated heterocycles. The minimum Gasteiger partial charge on any atom is -0.382 e. The lowest BCUT2D eigenvalue weighted by molar-refractivity contribution is 0.0378. The van der Waals surface area contributed by atoms with Gasteiger partial charge in [-0.25, -0.2) is 0 Å². The van der Waals surface area contributed by atoms with Crippen LogP contribution in [0.5, 0.6) is 0 Å². The number of hydrogen-bond acceptors (Lipinski definition) is 4. The van der Waals surface area contributed by atoms with Crippen molar-refractivity contribution < 1.29 is 9.47 Å². The maximum atomic E-state index is 5.57. The predicted molar refractivity (Wildman–Crippen MR) is 84.2 cm³/mol. The third-order valence-corrected chi connectivity index (χ3v) is 4.47. The largest absolute Gasteiger partial charge is 0.382 e. The quantitative estimate of drug-likeness (QED) is 0.659. The molecule has 1 fully saturated rings. The van der Waals surface area contributed by atoms with E-state index in [9.17, 15) is 0 Å². The van der Waals surface area contributed by atoms with E-state index in [-0.39, 0.29) is 5.54 Å². The molecule has 0 aromatic rings. The molecule has 4 nitrogen and oxygen atoms in total. The maximum Gasteiger partial charge on any atom is 0.0700 e. The summed E-state index contributed by atoms with van der Waals surface area (Å²) in [5.74, 6) is 0.693. The van der Waals surface area contributed by atoms with E-state index < -0.39 is 0 Å². The van der Waals surface area contributed by atoms with Crippen LogP contribution in [-0.2, 0) is 9.47 Å². The highest BCUT2D eigenvalue weighted by Gasteiger charge is 2.35. The zero-order valence-electron chi connectivity index (χ0n) is 14.1. The highest BCUT2D eigenvalue weighted by molar-refractivity contribution is 4.95. The standard InChI is InChI=1S/C16H34N2O2/c1-6-16(4)13-18(15(12-17-16)14(2)3)8-7-9-20-11-10-19-5/h14-15,17H,6-13H2,1-5H3. The van der Waals surface area contributed by atoms with Gasteiger partial charge in [-0.1, -0.05) is 20.8 Å². The van der Waals surface area contributed by atoms with Crippen LogP contribution in [0, 0.1) is 5.92 Å². The van der Waals surface area contributed by atoms with Gasteiger partial charge in [-0.15, -0.1) is 0 Å². The van der Waals surface area contributed by atoms with E-state index in [0.717, 1.165) is 32.7 Å². The number of rotatable bonds is 9. The average Bonchev–Trinajstić information content (AvgIpc) is 2.42. The Bertz CT molecular complexity index is 261. The van der Waals surface area contributed by atoms with Crippen molar-refractivity contribution in [3.63, 3.8) is 0 Å². The average molecular weight is 286 g/mol. The van der Waals surface area contributed by atoms with E-state index in [2.05, 4.69) is 37.9 Å². The summed E-state index contributed by atoms with van der Waals surface area (Å²) >= 11 is 0. The number of piperazine rings is 1. The van der Waals surface area contributed by atoms with Gasteiger partial charge in [0.05, 0.1) is 13.2 Å². The Balaban J connectivity index is 2.36. The van der Waals surface area contributed by atoms with Crippen molar-refractivity contribution in [2.24, 2.45) is 5.92 Å². The number of methoxy groups -OCH3 is 1. The Labute approximate surface area is 125 Å². The van der Waals surface area contributed by atoms with Crippen molar-refractivity contribution in [2.45, 2.75) is 52.1 Å². The predicted octanol–water partition coefficient (Wildman–Crippen LogP) is 2.14. The van der Waals surface area contributed by atoms with E-state index >= 15 is 0 Å². The molecule has 0 radical (unpaired) electrons. The molecule has 120 valence electrons. The Hall–Kier alpha value is -0.160. The number of hydrogen-bond donors (Lipinski definition) is 1. The van der Waals surface area contributed by atoms with E-state index in [1.54, 1.807) is 7.11 Å². The van der Waals surface area contributed by atoms with Gasteiger partial charge in [-0.05, 0) is 25.7 Å². The molecule has 0 aliphatic carbocycles. The Morgan fingerprint density at radius 3 is 2.65 bits per heavy atom. The van der Waals surface area contributed by atoms with Crippen LogP contribution in [0.3, 0.4) is 0 Å². The van der Waals surface area contributed by atoms with Gasteiger partial charge in [0, 0.05) is 44.9 Å². The van der Waals surface area contributed by atoms with Crippen LogP contribution in [0.2, 0.25) is 0 Å². The SMILES string of the molecule is CCC1(C)CN(CCCOCCOC)C(C(C)C)CN1. The van der Waals surface area contributed by atoms with Gasteiger partial charge in [0.1, 0.15) is 0 Å². The lowest BCUT2D eigenvalue weighted by Gasteiger charge is -2.47. The van der Waals surface area contributed by atoms with E-state index in [0.29, 0.717) is 25.2 Å². The summed E-state index contributed by atoms with van der Waals surface area (Å²) in [5, 5.41) is 3.74. The van der Waals surface area contributed by atoms with Crippen LogP contribution >= 0.6 is 0 Å². The first-order valence-electron chi connectivity index (χ1n) is 8.08. The maximum absolute atomic E-state index is 5.57. The fourth-order valence-corrected chi connectivity index (χ4v) is 2.85. The second-order valence-corrected chi connectivity index (χ2v) is 6.54. The normalized spacial score (nSPS) is 28.2. The van der Waals surface area contributed by atoms with Crippen molar-refractivity contribution >= 4 is 0 Å². The minimum atomic E-state index is 0.266. The first-order chi connectivity index (χ1) is 9.52. The fraction of sp³-hybridized carbons (Fsp3) is 1.00. The molecular weight excluding hydrogens is 252 g/mol. The highest BCUT2D eigenvalue weighted by Crippen LogP contribution is 2.22. The van der Waals surface area contributed by atoms with Gasteiger partial charge in [0.25, 0.3) is 0 Å². The molecule has 0 aromatic heterocycles. The van der Waals surface area contributed by atoms with Crippen molar-refractivity contribution in [1.82, 2.24) is 10.2 Å². The second kappa shape index (κ2) is 8.98. The topological polar surface area (TPSA) is 33.7 Å². The van der Waals surface area contributed by atoms with Crippen LogP contribution in [0.15, 0.2) is 0 Å². The van der Waals surface area contributed by atoms with Gasteiger partial charge in [0.15, 0.2) is 0 Å². The van der Waals surface area contributed by atoms with Crippen LogP contribution in [0.25, 0.3) is 0 Å².